The van der Waals surface area contributed by atoms with E-state index < -0.39 is 12.2 Å². The van der Waals surface area contributed by atoms with Gasteiger partial charge in [0.15, 0.2) is 0 Å². The molecule has 0 aliphatic rings. The van der Waals surface area contributed by atoms with Gasteiger partial charge in [0.2, 0.25) is 11.8 Å². The molecule has 2 heterocycles. The number of aryl methyl sites for hydroxylation is 1. The molecule has 0 bridgehead atoms. The second-order valence-corrected chi connectivity index (χ2v) is 5.98. The summed E-state index contributed by atoms with van der Waals surface area (Å²) in [6.45, 7) is 1.95. The Morgan fingerprint density at radius 2 is 1.75 bits per heavy atom. The van der Waals surface area contributed by atoms with E-state index in [1.807, 2.05) is 0 Å². The van der Waals surface area contributed by atoms with Gasteiger partial charge in [-0.05, 0) is 48.9 Å². The fourth-order valence-corrected chi connectivity index (χ4v) is 2.74. The van der Waals surface area contributed by atoms with E-state index in [0.717, 1.165) is 0 Å². The third kappa shape index (κ3) is 4.20. The van der Waals surface area contributed by atoms with Crippen LogP contribution in [-0.2, 0) is 0 Å². The monoisotopic (exact) mass is 389 g/mol. The average molecular weight is 389 g/mol. The molecule has 1 aromatic carbocycles. The van der Waals surface area contributed by atoms with Gasteiger partial charge in [0.25, 0.3) is 6.43 Å². The van der Waals surface area contributed by atoms with Crippen LogP contribution in [0.2, 0.25) is 0 Å². The van der Waals surface area contributed by atoms with Gasteiger partial charge in [-0.1, -0.05) is 0 Å². The number of nitrogens with zero attached hydrogens (tertiary/aromatic N) is 3. The SMILES string of the molecule is Cc1cc(-c2c(OCCN)nc(N)nc2-c2ccc(F)cc2)cc(C(F)F)n1. The van der Waals surface area contributed by atoms with E-state index in [4.69, 9.17) is 16.2 Å². The molecule has 3 rings (SSSR count). The van der Waals surface area contributed by atoms with E-state index in [9.17, 15) is 13.2 Å². The van der Waals surface area contributed by atoms with Crippen LogP contribution in [0, 0.1) is 12.7 Å². The van der Waals surface area contributed by atoms with Gasteiger partial charge in [-0.3, -0.25) is 4.98 Å². The molecule has 0 atom stereocenters. The van der Waals surface area contributed by atoms with Crippen LogP contribution in [0.15, 0.2) is 36.4 Å². The molecule has 0 unspecified atom stereocenters. The lowest BCUT2D eigenvalue weighted by molar-refractivity contribution is 0.146. The Labute approximate surface area is 159 Å². The van der Waals surface area contributed by atoms with E-state index in [0.29, 0.717) is 28.1 Å². The molecule has 0 spiro atoms. The number of aromatic nitrogens is 3. The van der Waals surface area contributed by atoms with Crippen LogP contribution >= 0.6 is 0 Å². The first-order valence-electron chi connectivity index (χ1n) is 8.42. The molecular formula is C19H18F3N5O. The number of nitrogens with two attached hydrogens (primary N) is 2. The second-order valence-electron chi connectivity index (χ2n) is 5.98. The number of ether oxygens (including phenoxy) is 1. The third-order valence-corrected chi connectivity index (χ3v) is 3.85. The number of anilines is 1. The minimum Gasteiger partial charge on any atom is -0.476 e. The van der Waals surface area contributed by atoms with Crippen molar-refractivity contribution < 1.29 is 17.9 Å². The summed E-state index contributed by atoms with van der Waals surface area (Å²) in [6.07, 6.45) is -2.75. The van der Waals surface area contributed by atoms with Crippen LogP contribution in [0.1, 0.15) is 17.8 Å². The van der Waals surface area contributed by atoms with Gasteiger partial charge in [-0.2, -0.15) is 4.98 Å². The van der Waals surface area contributed by atoms with Crippen molar-refractivity contribution in [1.29, 1.82) is 0 Å². The molecule has 2 aromatic heterocycles. The summed E-state index contributed by atoms with van der Waals surface area (Å²) >= 11 is 0. The van der Waals surface area contributed by atoms with Gasteiger partial charge in [0.1, 0.15) is 18.1 Å². The maximum atomic E-state index is 13.4. The second kappa shape index (κ2) is 8.22. The van der Waals surface area contributed by atoms with Crippen molar-refractivity contribution >= 4 is 5.95 Å². The Morgan fingerprint density at radius 3 is 2.39 bits per heavy atom. The smallest absolute Gasteiger partial charge is 0.280 e. The largest absolute Gasteiger partial charge is 0.476 e. The number of hydrogen-bond donors (Lipinski definition) is 2. The number of nitrogen functional groups attached to an aromatic ring is 1. The van der Waals surface area contributed by atoms with Gasteiger partial charge in [0.05, 0.1) is 11.3 Å². The maximum Gasteiger partial charge on any atom is 0.280 e. The van der Waals surface area contributed by atoms with Crippen molar-refractivity contribution in [2.45, 2.75) is 13.3 Å². The van der Waals surface area contributed by atoms with E-state index in [2.05, 4.69) is 15.0 Å². The molecule has 3 aromatic rings. The highest BCUT2D eigenvalue weighted by atomic mass is 19.3. The molecule has 0 fully saturated rings. The van der Waals surface area contributed by atoms with Gasteiger partial charge >= 0.3 is 0 Å². The predicted molar refractivity (Wildman–Crippen MR) is 99.3 cm³/mol. The van der Waals surface area contributed by atoms with E-state index >= 15 is 0 Å². The minimum absolute atomic E-state index is 0.0741. The molecule has 0 radical (unpaired) electrons. The Morgan fingerprint density at radius 1 is 1.04 bits per heavy atom. The van der Waals surface area contributed by atoms with E-state index in [-0.39, 0.29) is 30.7 Å². The molecule has 0 amide bonds. The molecular weight excluding hydrogens is 371 g/mol. The first-order chi connectivity index (χ1) is 13.4. The highest BCUT2D eigenvalue weighted by Gasteiger charge is 2.21. The van der Waals surface area contributed by atoms with Gasteiger partial charge < -0.3 is 16.2 Å². The highest BCUT2D eigenvalue weighted by Crippen LogP contribution is 2.38. The van der Waals surface area contributed by atoms with Crippen LogP contribution in [0.4, 0.5) is 19.1 Å². The fourth-order valence-electron chi connectivity index (χ4n) is 2.74. The Hall–Kier alpha value is -3.20. The zero-order valence-corrected chi connectivity index (χ0v) is 15.0. The lowest BCUT2D eigenvalue weighted by Crippen LogP contribution is -2.13. The topological polar surface area (TPSA) is 99.9 Å². The number of alkyl halides is 2. The number of pyridine rings is 1. The minimum atomic E-state index is -2.75. The van der Waals surface area contributed by atoms with Crippen molar-refractivity contribution in [3.63, 3.8) is 0 Å². The first-order valence-corrected chi connectivity index (χ1v) is 8.42. The Bertz CT molecular complexity index is 980. The summed E-state index contributed by atoms with van der Waals surface area (Å²) in [4.78, 5) is 12.2. The van der Waals surface area contributed by atoms with Crippen LogP contribution in [0.25, 0.3) is 22.4 Å². The van der Waals surface area contributed by atoms with Crippen molar-refractivity contribution in [1.82, 2.24) is 15.0 Å². The van der Waals surface area contributed by atoms with Crippen molar-refractivity contribution in [3.05, 3.63) is 53.6 Å². The molecule has 6 nitrogen and oxygen atoms in total. The van der Waals surface area contributed by atoms with E-state index in [1.54, 1.807) is 13.0 Å². The number of rotatable bonds is 6. The van der Waals surface area contributed by atoms with Gasteiger partial charge in [-0.25, -0.2) is 18.2 Å². The Kier molecular flexibility index (Phi) is 5.74. The lowest BCUT2D eigenvalue weighted by atomic mass is 9.99. The summed E-state index contributed by atoms with van der Waals surface area (Å²) < 4.78 is 45.5. The van der Waals surface area contributed by atoms with Gasteiger partial charge in [-0.15, -0.1) is 0 Å². The lowest BCUT2D eigenvalue weighted by Gasteiger charge is -2.16. The zero-order valence-electron chi connectivity index (χ0n) is 15.0. The van der Waals surface area contributed by atoms with Crippen LogP contribution in [0.5, 0.6) is 5.88 Å². The van der Waals surface area contributed by atoms with Crippen molar-refractivity contribution in [2.24, 2.45) is 5.73 Å². The summed E-state index contributed by atoms with van der Waals surface area (Å²) in [5.74, 6) is -0.398. The van der Waals surface area contributed by atoms with Crippen LogP contribution < -0.4 is 16.2 Å². The summed E-state index contributed by atoms with van der Waals surface area (Å²) in [7, 11) is 0. The van der Waals surface area contributed by atoms with Crippen molar-refractivity contribution in [2.75, 3.05) is 18.9 Å². The summed E-state index contributed by atoms with van der Waals surface area (Å²) in [6, 6.07) is 8.41. The fraction of sp³-hybridized carbons (Fsp3) is 0.211. The summed E-state index contributed by atoms with van der Waals surface area (Å²) in [5.41, 5.74) is 12.9. The number of hydrogen-bond acceptors (Lipinski definition) is 6. The molecule has 28 heavy (non-hydrogen) atoms. The normalized spacial score (nSPS) is 11.1. The van der Waals surface area contributed by atoms with Crippen molar-refractivity contribution in [3.8, 4) is 28.3 Å². The zero-order chi connectivity index (χ0) is 20.3. The highest BCUT2D eigenvalue weighted by molar-refractivity contribution is 5.85. The molecule has 0 saturated heterocycles. The standard InChI is InChI=1S/C19H18F3N5O/c1-10-8-12(9-14(25-10)17(21)22)15-16(11-2-4-13(20)5-3-11)26-19(24)27-18(15)28-7-6-23/h2-5,8-9,17H,6-7,23H2,1H3,(H2,24,26,27). The average Bonchev–Trinajstić information content (AvgIpc) is 2.65. The quantitative estimate of drug-likeness (QED) is 0.669. The Balaban J connectivity index is 2.29. The number of benzene rings is 1. The molecule has 146 valence electrons. The molecule has 0 aliphatic heterocycles. The number of halogens is 3. The maximum absolute atomic E-state index is 13.4. The molecule has 9 heteroatoms. The van der Waals surface area contributed by atoms with Crippen LogP contribution in [0.3, 0.4) is 0 Å². The molecule has 0 saturated carbocycles. The van der Waals surface area contributed by atoms with Gasteiger partial charge in [0, 0.05) is 17.8 Å². The first kappa shape index (κ1) is 19.6. The molecule has 4 N–H and O–H groups in total. The summed E-state index contributed by atoms with van der Waals surface area (Å²) in [5, 5.41) is 0. The predicted octanol–water partition coefficient (Wildman–Crippen LogP) is 3.51. The van der Waals surface area contributed by atoms with E-state index in [1.165, 1.54) is 30.3 Å². The van der Waals surface area contributed by atoms with Crippen LogP contribution in [-0.4, -0.2) is 28.1 Å². The third-order valence-electron chi connectivity index (χ3n) is 3.85. The molecule has 0 aliphatic carbocycles.